The lowest BCUT2D eigenvalue weighted by molar-refractivity contribution is 0.670. The van der Waals surface area contributed by atoms with Crippen LogP contribution < -0.4 is 11.5 Å². The number of hydrogen-bond donors (Lipinski definition) is 2. The first-order chi connectivity index (χ1) is 19.7. The maximum atomic E-state index is 6.71. The molecule has 190 valence electrons. The fraction of sp³-hybridized carbons (Fsp3) is 0.0270. The highest BCUT2D eigenvalue weighted by Crippen LogP contribution is 2.58. The second-order valence-corrected chi connectivity index (χ2v) is 10.6. The van der Waals surface area contributed by atoms with Gasteiger partial charge in [0.1, 0.15) is 5.58 Å². The van der Waals surface area contributed by atoms with Crippen LogP contribution in [0.15, 0.2) is 138 Å². The number of para-hydroxylation sites is 1. The van der Waals surface area contributed by atoms with Gasteiger partial charge in [0.05, 0.1) is 11.1 Å². The summed E-state index contributed by atoms with van der Waals surface area (Å²) in [5.74, 6) is 0. The van der Waals surface area contributed by atoms with Crippen LogP contribution in [0, 0.1) is 0 Å². The second kappa shape index (κ2) is 8.36. The molecule has 0 bridgehead atoms. The predicted octanol–water partition coefficient (Wildman–Crippen LogP) is 8.78. The zero-order chi connectivity index (χ0) is 26.8. The Morgan fingerprint density at radius 2 is 1.20 bits per heavy atom. The molecule has 0 atom stereocenters. The van der Waals surface area contributed by atoms with Crippen LogP contribution in [0.4, 0.5) is 11.4 Å². The Kier molecular flexibility index (Phi) is 4.74. The van der Waals surface area contributed by atoms with E-state index in [4.69, 9.17) is 15.9 Å². The monoisotopic (exact) mass is 514 g/mol. The van der Waals surface area contributed by atoms with Gasteiger partial charge in [-0.05, 0) is 69.3 Å². The molecule has 0 radical (unpaired) electrons. The molecule has 4 N–H and O–H groups in total. The summed E-state index contributed by atoms with van der Waals surface area (Å²) in [4.78, 5) is 0. The number of fused-ring (bicyclic) bond motifs is 6. The number of nitrogen functional groups attached to an aromatic ring is 2. The van der Waals surface area contributed by atoms with E-state index in [0.717, 1.165) is 49.9 Å². The summed E-state index contributed by atoms with van der Waals surface area (Å²) in [5.41, 5.74) is 25.0. The summed E-state index contributed by atoms with van der Waals surface area (Å²) in [7, 11) is 0. The molecule has 1 heterocycles. The molecule has 0 saturated carbocycles. The van der Waals surface area contributed by atoms with Crippen molar-refractivity contribution in [3.05, 3.63) is 156 Å². The summed E-state index contributed by atoms with van der Waals surface area (Å²) in [6, 6.07) is 46.9. The SMILES string of the molecule is Nc1cccc2c1-c1ccc(-c3cc(N)c4oc5ccccc5c4c3)cc1C2(c1ccccc1)c1ccccc1. The van der Waals surface area contributed by atoms with E-state index < -0.39 is 5.41 Å². The van der Waals surface area contributed by atoms with Gasteiger partial charge >= 0.3 is 0 Å². The number of anilines is 2. The second-order valence-electron chi connectivity index (χ2n) is 10.6. The highest BCUT2D eigenvalue weighted by Gasteiger charge is 2.46. The largest absolute Gasteiger partial charge is 0.454 e. The minimum Gasteiger partial charge on any atom is -0.454 e. The number of hydrogen-bond acceptors (Lipinski definition) is 3. The van der Waals surface area contributed by atoms with Crippen molar-refractivity contribution < 1.29 is 4.42 Å². The standard InChI is InChI=1S/C37H26N2O/c38-32-16-9-15-30-35(32)28-19-18-23(24-20-29-27-14-7-8-17-34(27)40-36(29)33(39)22-24)21-31(28)37(30,25-10-3-1-4-11-25)26-12-5-2-6-13-26/h1-22H,38-39H2. The van der Waals surface area contributed by atoms with Gasteiger partial charge in [-0.15, -0.1) is 0 Å². The van der Waals surface area contributed by atoms with Gasteiger partial charge in [0, 0.05) is 22.0 Å². The van der Waals surface area contributed by atoms with E-state index in [9.17, 15) is 0 Å². The quantitative estimate of drug-likeness (QED) is 0.232. The van der Waals surface area contributed by atoms with Crippen molar-refractivity contribution in [3.63, 3.8) is 0 Å². The van der Waals surface area contributed by atoms with Crippen LogP contribution >= 0.6 is 0 Å². The summed E-state index contributed by atoms with van der Waals surface area (Å²) >= 11 is 0. The minimum atomic E-state index is -0.517. The fourth-order valence-corrected chi connectivity index (χ4v) is 6.77. The highest BCUT2D eigenvalue weighted by molar-refractivity contribution is 6.10. The highest BCUT2D eigenvalue weighted by atomic mass is 16.3. The third kappa shape index (κ3) is 3.00. The fourth-order valence-electron chi connectivity index (χ4n) is 6.77. The van der Waals surface area contributed by atoms with Gasteiger partial charge in [0.15, 0.2) is 5.58 Å². The molecule has 0 saturated heterocycles. The van der Waals surface area contributed by atoms with Gasteiger partial charge in [-0.1, -0.05) is 103 Å². The van der Waals surface area contributed by atoms with Crippen LogP contribution in [-0.2, 0) is 5.41 Å². The Hall–Kier alpha value is -5.28. The van der Waals surface area contributed by atoms with E-state index in [1.165, 1.54) is 22.3 Å². The Labute approximate surface area is 232 Å². The zero-order valence-electron chi connectivity index (χ0n) is 21.8. The summed E-state index contributed by atoms with van der Waals surface area (Å²) < 4.78 is 6.11. The van der Waals surface area contributed by atoms with E-state index in [-0.39, 0.29) is 0 Å². The first-order valence-electron chi connectivity index (χ1n) is 13.5. The molecular formula is C37H26N2O. The molecule has 0 fully saturated rings. The molecule has 1 aliphatic carbocycles. The molecule has 7 aromatic rings. The van der Waals surface area contributed by atoms with Crippen LogP contribution in [0.3, 0.4) is 0 Å². The van der Waals surface area contributed by atoms with Crippen LogP contribution in [-0.4, -0.2) is 0 Å². The lowest BCUT2D eigenvalue weighted by atomic mass is 9.67. The third-order valence-corrected chi connectivity index (χ3v) is 8.45. The van der Waals surface area contributed by atoms with Crippen molar-refractivity contribution in [3.8, 4) is 22.3 Å². The summed E-state index contributed by atoms with van der Waals surface area (Å²) in [5, 5.41) is 2.09. The first-order valence-corrected chi connectivity index (χ1v) is 13.5. The number of nitrogens with two attached hydrogens (primary N) is 2. The van der Waals surface area contributed by atoms with E-state index in [2.05, 4.69) is 103 Å². The van der Waals surface area contributed by atoms with Crippen LogP contribution in [0.25, 0.3) is 44.2 Å². The van der Waals surface area contributed by atoms with E-state index in [1.54, 1.807) is 0 Å². The van der Waals surface area contributed by atoms with Crippen molar-refractivity contribution in [2.24, 2.45) is 0 Å². The maximum absolute atomic E-state index is 6.71. The van der Waals surface area contributed by atoms with Crippen LogP contribution in [0.1, 0.15) is 22.3 Å². The predicted molar refractivity (Wildman–Crippen MR) is 165 cm³/mol. The topological polar surface area (TPSA) is 65.2 Å². The van der Waals surface area contributed by atoms with E-state index >= 15 is 0 Å². The van der Waals surface area contributed by atoms with Crippen molar-refractivity contribution in [1.29, 1.82) is 0 Å². The smallest absolute Gasteiger partial charge is 0.158 e. The van der Waals surface area contributed by atoms with Gasteiger partial charge in [-0.25, -0.2) is 0 Å². The molecule has 3 nitrogen and oxygen atoms in total. The summed E-state index contributed by atoms with van der Waals surface area (Å²) in [6.45, 7) is 0. The molecule has 0 amide bonds. The lowest BCUT2D eigenvalue weighted by Gasteiger charge is -2.34. The number of furan rings is 1. The van der Waals surface area contributed by atoms with Gasteiger partial charge in [-0.2, -0.15) is 0 Å². The van der Waals surface area contributed by atoms with Gasteiger partial charge < -0.3 is 15.9 Å². The Bertz CT molecular complexity index is 2030. The normalized spacial score (nSPS) is 13.4. The zero-order valence-corrected chi connectivity index (χ0v) is 21.8. The molecule has 6 aromatic carbocycles. The molecule has 40 heavy (non-hydrogen) atoms. The molecular weight excluding hydrogens is 488 g/mol. The summed E-state index contributed by atoms with van der Waals surface area (Å²) in [6.07, 6.45) is 0. The van der Waals surface area contributed by atoms with Crippen molar-refractivity contribution in [1.82, 2.24) is 0 Å². The van der Waals surface area contributed by atoms with Gasteiger partial charge in [0.25, 0.3) is 0 Å². The third-order valence-electron chi connectivity index (χ3n) is 8.45. The lowest BCUT2D eigenvalue weighted by Crippen LogP contribution is -2.28. The molecule has 8 rings (SSSR count). The first kappa shape index (κ1) is 22.7. The molecule has 1 aromatic heterocycles. The van der Waals surface area contributed by atoms with Crippen LogP contribution in [0.2, 0.25) is 0 Å². The number of benzene rings is 6. The Morgan fingerprint density at radius 1 is 0.500 bits per heavy atom. The Balaban J connectivity index is 1.45. The van der Waals surface area contributed by atoms with Gasteiger partial charge in [-0.3, -0.25) is 0 Å². The van der Waals surface area contributed by atoms with Crippen molar-refractivity contribution >= 4 is 33.3 Å². The van der Waals surface area contributed by atoms with Crippen LogP contribution in [0.5, 0.6) is 0 Å². The number of rotatable bonds is 3. The molecule has 0 aliphatic heterocycles. The van der Waals surface area contributed by atoms with Gasteiger partial charge in [0.2, 0.25) is 0 Å². The molecule has 3 heteroatoms. The van der Waals surface area contributed by atoms with Crippen molar-refractivity contribution in [2.45, 2.75) is 5.41 Å². The molecule has 0 spiro atoms. The van der Waals surface area contributed by atoms with E-state index in [0.29, 0.717) is 5.69 Å². The molecule has 0 unspecified atom stereocenters. The maximum Gasteiger partial charge on any atom is 0.158 e. The average molecular weight is 515 g/mol. The Morgan fingerprint density at radius 3 is 1.95 bits per heavy atom. The molecule has 1 aliphatic rings. The van der Waals surface area contributed by atoms with Crippen molar-refractivity contribution in [2.75, 3.05) is 11.5 Å². The average Bonchev–Trinajstić information content (AvgIpc) is 3.53. The minimum absolute atomic E-state index is 0.517. The van der Waals surface area contributed by atoms with E-state index in [1.807, 2.05) is 30.3 Å².